The topological polar surface area (TPSA) is 46.2 Å². The summed E-state index contributed by atoms with van der Waals surface area (Å²) in [5.41, 5.74) is 3.88. The van der Waals surface area contributed by atoms with Crippen LogP contribution in [0.25, 0.3) is 0 Å². The molecule has 5 heteroatoms. The summed E-state index contributed by atoms with van der Waals surface area (Å²) in [6.45, 7) is 1.22. The third-order valence-corrected chi connectivity index (χ3v) is 2.85. The monoisotopic (exact) mass is 265 g/mol. The molecular formula is C9H10BrF2NO. The number of halogens is 3. The Morgan fingerprint density at radius 2 is 2.07 bits per heavy atom. The van der Waals surface area contributed by atoms with Crippen molar-refractivity contribution in [3.8, 4) is 5.75 Å². The second-order valence-electron chi connectivity index (χ2n) is 3.22. The van der Waals surface area contributed by atoms with Gasteiger partial charge < -0.3 is 10.8 Å². The average molecular weight is 266 g/mol. The lowest BCUT2D eigenvalue weighted by Crippen LogP contribution is -2.40. The molecule has 0 amide bonds. The molecule has 0 radical (unpaired) electrons. The van der Waals surface area contributed by atoms with Gasteiger partial charge in [0.05, 0.1) is 4.47 Å². The van der Waals surface area contributed by atoms with E-state index < -0.39 is 12.0 Å². The van der Waals surface area contributed by atoms with E-state index in [9.17, 15) is 13.9 Å². The number of benzene rings is 1. The van der Waals surface area contributed by atoms with Crippen molar-refractivity contribution >= 4 is 15.9 Å². The summed E-state index contributed by atoms with van der Waals surface area (Å²) in [7, 11) is 0. The van der Waals surface area contributed by atoms with E-state index in [0.29, 0.717) is 0 Å². The van der Waals surface area contributed by atoms with Crippen LogP contribution in [0.1, 0.15) is 12.5 Å². The molecule has 14 heavy (non-hydrogen) atoms. The fourth-order valence-electron chi connectivity index (χ4n) is 1.05. The maximum Gasteiger partial charge on any atom is 0.260 e. The molecule has 0 saturated carbocycles. The van der Waals surface area contributed by atoms with Crippen molar-refractivity contribution in [2.24, 2.45) is 5.73 Å². The van der Waals surface area contributed by atoms with Crippen LogP contribution >= 0.6 is 15.9 Å². The van der Waals surface area contributed by atoms with Gasteiger partial charge in [-0.1, -0.05) is 12.1 Å². The zero-order valence-electron chi connectivity index (χ0n) is 7.47. The highest BCUT2D eigenvalue weighted by atomic mass is 79.9. The van der Waals surface area contributed by atoms with E-state index in [4.69, 9.17) is 5.73 Å². The van der Waals surface area contributed by atoms with E-state index in [-0.39, 0.29) is 15.8 Å². The van der Waals surface area contributed by atoms with Crippen molar-refractivity contribution in [1.29, 1.82) is 0 Å². The predicted octanol–water partition coefficient (Wildman–Crippen LogP) is 2.59. The first-order valence-corrected chi connectivity index (χ1v) is 4.71. The van der Waals surface area contributed by atoms with Crippen LogP contribution < -0.4 is 5.73 Å². The summed E-state index contributed by atoms with van der Waals surface area (Å²) in [5.74, 6) is -0.0974. The predicted molar refractivity (Wildman–Crippen MR) is 53.4 cm³/mol. The molecule has 0 aliphatic heterocycles. The SMILES string of the molecule is CC(N)(c1cccc(O)c1Br)C(F)F. The van der Waals surface area contributed by atoms with E-state index >= 15 is 0 Å². The third kappa shape index (κ3) is 1.88. The summed E-state index contributed by atoms with van der Waals surface area (Å²) in [5, 5.41) is 9.30. The largest absolute Gasteiger partial charge is 0.507 e. The Bertz CT molecular complexity index is 342. The van der Waals surface area contributed by atoms with Crippen LogP contribution in [0.2, 0.25) is 0 Å². The van der Waals surface area contributed by atoms with E-state index in [1.807, 2.05) is 0 Å². The Hall–Kier alpha value is -0.680. The van der Waals surface area contributed by atoms with Crippen LogP contribution in [0.5, 0.6) is 5.75 Å². The van der Waals surface area contributed by atoms with Gasteiger partial charge in [0.2, 0.25) is 0 Å². The summed E-state index contributed by atoms with van der Waals surface area (Å²) >= 11 is 3.02. The average Bonchev–Trinajstić information content (AvgIpc) is 2.09. The Morgan fingerprint density at radius 3 is 2.57 bits per heavy atom. The molecule has 3 N–H and O–H groups in total. The molecule has 1 aromatic rings. The van der Waals surface area contributed by atoms with Gasteiger partial charge in [-0.3, -0.25) is 0 Å². The number of rotatable bonds is 2. The van der Waals surface area contributed by atoms with Gasteiger partial charge in [-0.15, -0.1) is 0 Å². The normalized spacial score (nSPS) is 15.6. The summed E-state index contributed by atoms with van der Waals surface area (Å²) in [6.07, 6.45) is -2.69. The molecule has 0 aromatic heterocycles. The Balaban J connectivity index is 3.26. The zero-order valence-corrected chi connectivity index (χ0v) is 9.05. The smallest absolute Gasteiger partial charge is 0.260 e. The van der Waals surface area contributed by atoms with Gasteiger partial charge in [0.1, 0.15) is 11.3 Å². The molecule has 0 heterocycles. The maximum absolute atomic E-state index is 12.6. The van der Waals surface area contributed by atoms with Gasteiger partial charge in [0.25, 0.3) is 6.43 Å². The molecule has 2 nitrogen and oxygen atoms in total. The van der Waals surface area contributed by atoms with E-state index in [2.05, 4.69) is 15.9 Å². The highest BCUT2D eigenvalue weighted by Crippen LogP contribution is 2.35. The highest BCUT2D eigenvalue weighted by molar-refractivity contribution is 9.10. The number of phenols is 1. The van der Waals surface area contributed by atoms with Crippen LogP contribution in [-0.4, -0.2) is 11.5 Å². The minimum atomic E-state index is -2.69. The summed E-state index contributed by atoms with van der Waals surface area (Å²) < 4.78 is 25.4. The van der Waals surface area contributed by atoms with Gasteiger partial charge in [-0.2, -0.15) is 0 Å². The van der Waals surface area contributed by atoms with Crippen molar-refractivity contribution < 1.29 is 13.9 Å². The first kappa shape index (κ1) is 11.4. The fourth-order valence-corrected chi connectivity index (χ4v) is 1.74. The standard InChI is InChI=1S/C9H10BrF2NO/c1-9(13,8(11)12)5-3-2-4-6(14)7(5)10/h2-4,8,14H,13H2,1H3. The van der Waals surface area contributed by atoms with Crippen molar-refractivity contribution in [2.75, 3.05) is 0 Å². The number of alkyl halides is 2. The van der Waals surface area contributed by atoms with Crippen LogP contribution in [0.15, 0.2) is 22.7 Å². The van der Waals surface area contributed by atoms with Gasteiger partial charge in [-0.25, -0.2) is 8.78 Å². The van der Waals surface area contributed by atoms with Crippen molar-refractivity contribution in [1.82, 2.24) is 0 Å². The molecule has 1 atom stereocenters. The lowest BCUT2D eigenvalue weighted by Gasteiger charge is -2.25. The lowest BCUT2D eigenvalue weighted by atomic mass is 9.93. The number of phenolic OH excluding ortho intramolecular Hbond substituents is 1. The lowest BCUT2D eigenvalue weighted by molar-refractivity contribution is 0.0620. The quantitative estimate of drug-likeness (QED) is 0.864. The Labute approximate surface area is 88.9 Å². The van der Waals surface area contributed by atoms with Crippen molar-refractivity contribution in [3.05, 3.63) is 28.2 Å². The van der Waals surface area contributed by atoms with E-state index in [0.717, 1.165) is 0 Å². The molecule has 0 spiro atoms. The summed E-state index contributed by atoms with van der Waals surface area (Å²) in [4.78, 5) is 0. The fraction of sp³-hybridized carbons (Fsp3) is 0.333. The highest BCUT2D eigenvalue weighted by Gasteiger charge is 2.34. The Kier molecular flexibility index (Phi) is 3.11. The first-order valence-electron chi connectivity index (χ1n) is 3.92. The second kappa shape index (κ2) is 3.82. The molecule has 0 bridgehead atoms. The second-order valence-corrected chi connectivity index (χ2v) is 4.02. The van der Waals surface area contributed by atoms with E-state index in [1.165, 1.54) is 25.1 Å². The van der Waals surface area contributed by atoms with Gasteiger partial charge >= 0.3 is 0 Å². The minimum absolute atomic E-state index is 0.0974. The van der Waals surface area contributed by atoms with Crippen LogP contribution in [0.4, 0.5) is 8.78 Å². The van der Waals surface area contributed by atoms with Crippen LogP contribution in [0.3, 0.4) is 0 Å². The van der Waals surface area contributed by atoms with Gasteiger partial charge in [0.15, 0.2) is 0 Å². The molecule has 0 saturated heterocycles. The van der Waals surface area contributed by atoms with Crippen LogP contribution in [-0.2, 0) is 5.54 Å². The Morgan fingerprint density at radius 1 is 1.50 bits per heavy atom. The molecule has 1 aromatic carbocycles. The van der Waals surface area contributed by atoms with Crippen molar-refractivity contribution in [2.45, 2.75) is 18.9 Å². The number of hydrogen-bond donors (Lipinski definition) is 2. The van der Waals surface area contributed by atoms with Crippen molar-refractivity contribution in [3.63, 3.8) is 0 Å². The molecule has 78 valence electrons. The van der Waals surface area contributed by atoms with Crippen LogP contribution in [0, 0.1) is 0 Å². The van der Waals surface area contributed by atoms with E-state index in [1.54, 1.807) is 0 Å². The molecule has 1 rings (SSSR count). The third-order valence-electron chi connectivity index (χ3n) is 2.01. The number of aromatic hydroxyl groups is 1. The number of nitrogens with two attached hydrogens (primary N) is 1. The maximum atomic E-state index is 12.6. The minimum Gasteiger partial charge on any atom is -0.507 e. The molecule has 1 unspecified atom stereocenters. The first-order chi connectivity index (χ1) is 6.37. The zero-order chi connectivity index (χ0) is 10.9. The number of hydrogen-bond acceptors (Lipinski definition) is 2. The molecule has 0 aliphatic rings. The molecule has 0 fully saturated rings. The van der Waals surface area contributed by atoms with Gasteiger partial charge in [-0.05, 0) is 34.5 Å². The summed E-state index contributed by atoms with van der Waals surface area (Å²) in [6, 6.07) is 4.33. The molecule has 0 aliphatic carbocycles. The van der Waals surface area contributed by atoms with Gasteiger partial charge in [0, 0.05) is 0 Å². The molecular weight excluding hydrogens is 256 g/mol.